The lowest BCUT2D eigenvalue weighted by atomic mass is 10.2. The number of amides is 1. The van der Waals surface area contributed by atoms with Crippen LogP contribution in [0.15, 0.2) is 40.9 Å². The van der Waals surface area contributed by atoms with Gasteiger partial charge in [-0.25, -0.2) is 0 Å². The minimum atomic E-state index is -0.126. The smallest absolute Gasteiger partial charge is 0.234 e. The minimum absolute atomic E-state index is 0.126. The van der Waals surface area contributed by atoms with Crippen LogP contribution in [-0.2, 0) is 11.2 Å². The first-order valence-corrected chi connectivity index (χ1v) is 11.4. The molecule has 0 spiro atoms. The van der Waals surface area contributed by atoms with Crippen molar-refractivity contribution >= 4 is 46.3 Å². The van der Waals surface area contributed by atoms with Crippen LogP contribution in [0.5, 0.6) is 0 Å². The number of anilines is 1. The molecule has 3 rings (SSSR count). The Labute approximate surface area is 178 Å². The number of thioether (sulfide) groups is 1. The van der Waals surface area contributed by atoms with Crippen molar-refractivity contribution in [2.75, 3.05) is 11.1 Å². The lowest BCUT2D eigenvalue weighted by molar-refractivity contribution is -0.113. The summed E-state index contributed by atoms with van der Waals surface area (Å²) in [6.07, 6.45) is 2.20. The maximum absolute atomic E-state index is 12.3. The summed E-state index contributed by atoms with van der Waals surface area (Å²) in [4.78, 5) is 13.7. The second-order valence-electron chi connectivity index (χ2n) is 6.64. The van der Waals surface area contributed by atoms with Crippen molar-refractivity contribution < 1.29 is 4.79 Å². The molecule has 0 atom stereocenters. The van der Waals surface area contributed by atoms with Crippen molar-refractivity contribution in [2.45, 2.75) is 44.8 Å². The molecule has 0 radical (unpaired) electrons. The molecule has 1 amide bonds. The second-order valence-corrected chi connectivity index (χ2v) is 8.98. The maximum Gasteiger partial charge on any atom is 0.234 e. The third-order valence-electron chi connectivity index (χ3n) is 4.07. The van der Waals surface area contributed by atoms with Gasteiger partial charge in [-0.15, -0.1) is 21.5 Å². The summed E-state index contributed by atoms with van der Waals surface area (Å²) in [6.45, 7) is 6.37. The lowest BCUT2D eigenvalue weighted by Crippen LogP contribution is -2.15. The maximum atomic E-state index is 12.3. The van der Waals surface area contributed by atoms with Gasteiger partial charge in [-0.05, 0) is 38.5 Å². The Morgan fingerprint density at radius 3 is 2.82 bits per heavy atom. The number of thiophene rings is 1. The number of hydrogen-bond acceptors (Lipinski definition) is 5. The van der Waals surface area contributed by atoms with Crippen LogP contribution in [-0.4, -0.2) is 26.4 Å². The Kier molecular flexibility index (Phi) is 7.15. The molecule has 2 aromatic heterocycles. The molecular weight excluding hydrogens is 412 g/mol. The first-order valence-electron chi connectivity index (χ1n) is 9.19. The minimum Gasteiger partial charge on any atom is -0.324 e. The van der Waals surface area contributed by atoms with Crippen molar-refractivity contribution in [3.05, 3.63) is 45.6 Å². The molecule has 5 nitrogen and oxygen atoms in total. The molecule has 0 aliphatic rings. The van der Waals surface area contributed by atoms with Crippen LogP contribution in [0.4, 0.5) is 5.69 Å². The van der Waals surface area contributed by atoms with Gasteiger partial charge in [-0.3, -0.25) is 9.36 Å². The lowest BCUT2D eigenvalue weighted by Gasteiger charge is -2.13. The van der Waals surface area contributed by atoms with Crippen molar-refractivity contribution in [3.63, 3.8) is 0 Å². The second kappa shape index (κ2) is 9.58. The van der Waals surface area contributed by atoms with E-state index in [0.717, 1.165) is 29.4 Å². The molecule has 148 valence electrons. The summed E-state index contributed by atoms with van der Waals surface area (Å²) in [5.74, 6) is 0.960. The first-order chi connectivity index (χ1) is 13.5. The van der Waals surface area contributed by atoms with E-state index in [1.54, 1.807) is 23.5 Å². The van der Waals surface area contributed by atoms with E-state index in [2.05, 4.69) is 52.3 Å². The van der Waals surface area contributed by atoms with Gasteiger partial charge in [0, 0.05) is 21.9 Å². The Bertz CT molecular complexity index is 951. The van der Waals surface area contributed by atoms with Gasteiger partial charge in [-0.2, -0.15) is 0 Å². The summed E-state index contributed by atoms with van der Waals surface area (Å²) in [5, 5.41) is 15.0. The molecule has 0 aliphatic heterocycles. The highest BCUT2D eigenvalue weighted by Crippen LogP contribution is 2.31. The van der Waals surface area contributed by atoms with Gasteiger partial charge in [0.1, 0.15) is 0 Å². The van der Waals surface area contributed by atoms with E-state index in [0.29, 0.717) is 10.7 Å². The van der Waals surface area contributed by atoms with Crippen molar-refractivity contribution in [2.24, 2.45) is 0 Å². The van der Waals surface area contributed by atoms with E-state index < -0.39 is 0 Å². The topological polar surface area (TPSA) is 59.8 Å². The normalized spacial score (nSPS) is 11.2. The standard InChI is InChI=1S/C20H23ClN4OS2/c1-4-7-15-10-14(11-27-15)19-23-24-20(25(19)13(2)3)28-12-18(26)22-17-9-6-5-8-16(17)21/h5-6,8-11,13H,4,7,12H2,1-3H3,(H,22,26). The van der Waals surface area contributed by atoms with Crippen LogP contribution in [0.3, 0.4) is 0 Å². The fourth-order valence-electron chi connectivity index (χ4n) is 2.79. The number of hydrogen-bond donors (Lipinski definition) is 1. The first kappa shape index (κ1) is 20.9. The van der Waals surface area contributed by atoms with Gasteiger partial charge in [0.2, 0.25) is 5.91 Å². The number of halogens is 1. The molecule has 0 unspecified atom stereocenters. The van der Waals surface area contributed by atoms with Crippen LogP contribution in [0.2, 0.25) is 5.02 Å². The molecule has 0 aliphatic carbocycles. The molecule has 8 heteroatoms. The van der Waals surface area contributed by atoms with Gasteiger partial charge in [0.15, 0.2) is 11.0 Å². The number of rotatable bonds is 8. The van der Waals surface area contributed by atoms with Crippen molar-refractivity contribution in [3.8, 4) is 11.4 Å². The van der Waals surface area contributed by atoms with Gasteiger partial charge in [0.25, 0.3) is 0 Å². The van der Waals surface area contributed by atoms with E-state index in [9.17, 15) is 4.79 Å². The Morgan fingerprint density at radius 2 is 2.11 bits per heavy atom. The zero-order valence-corrected chi connectivity index (χ0v) is 18.5. The molecule has 2 heterocycles. The third kappa shape index (κ3) is 4.96. The fourth-order valence-corrected chi connectivity index (χ4v) is 4.81. The molecule has 28 heavy (non-hydrogen) atoms. The highest BCUT2D eigenvalue weighted by molar-refractivity contribution is 7.99. The summed E-state index contributed by atoms with van der Waals surface area (Å²) in [7, 11) is 0. The summed E-state index contributed by atoms with van der Waals surface area (Å²) < 4.78 is 2.09. The summed E-state index contributed by atoms with van der Waals surface area (Å²) in [6, 6.07) is 9.58. The average Bonchev–Trinajstić information content (AvgIpc) is 3.29. The Morgan fingerprint density at radius 1 is 1.32 bits per heavy atom. The van der Waals surface area contributed by atoms with Gasteiger partial charge in [0.05, 0.1) is 16.5 Å². The van der Waals surface area contributed by atoms with Crippen molar-refractivity contribution in [1.82, 2.24) is 14.8 Å². The number of carbonyl (C=O) groups excluding carboxylic acids is 1. The molecule has 1 N–H and O–H groups in total. The molecule has 0 fully saturated rings. The molecular formula is C20H23ClN4OS2. The number of nitrogens with one attached hydrogen (secondary N) is 1. The van der Waals surface area contributed by atoms with Gasteiger partial charge < -0.3 is 5.32 Å². The van der Waals surface area contributed by atoms with E-state index in [4.69, 9.17) is 11.6 Å². The van der Waals surface area contributed by atoms with E-state index >= 15 is 0 Å². The van der Waals surface area contributed by atoms with E-state index in [1.807, 2.05) is 12.1 Å². The van der Waals surface area contributed by atoms with Crippen LogP contribution in [0.25, 0.3) is 11.4 Å². The van der Waals surface area contributed by atoms with Crippen LogP contribution >= 0.6 is 34.7 Å². The largest absolute Gasteiger partial charge is 0.324 e. The van der Waals surface area contributed by atoms with Gasteiger partial charge >= 0.3 is 0 Å². The predicted octanol–water partition coefficient (Wildman–Crippen LogP) is 5.92. The van der Waals surface area contributed by atoms with Gasteiger partial charge in [-0.1, -0.05) is 48.8 Å². The van der Waals surface area contributed by atoms with Crippen LogP contribution in [0.1, 0.15) is 38.1 Å². The number of nitrogens with zero attached hydrogens (tertiary/aromatic N) is 3. The van der Waals surface area contributed by atoms with E-state index in [1.165, 1.54) is 16.6 Å². The highest BCUT2D eigenvalue weighted by Gasteiger charge is 2.19. The fraction of sp³-hybridized carbons (Fsp3) is 0.350. The summed E-state index contributed by atoms with van der Waals surface area (Å²) in [5.41, 5.74) is 1.70. The predicted molar refractivity (Wildman–Crippen MR) is 119 cm³/mol. The zero-order chi connectivity index (χ0) is 20.1. The highest BCUT2D eigenvalue weighted by atomic mass is 35.5. The SMILES string of the molecule is CCCc1cc(-c2nnc(SCC(=O)Nc3ccccc3Cl)n2C(C)C)cs1. The Hall–Kier alpha value is -1.83. The van der Waals surface area contributed by atoms with Crippen LogP contribution < -0.4 is 5.32 Å². The average molecular weight is 435 g/mol. The third-order valence-corrected chi connectivity index (χ3v) is 6.34. The molecule has 0 saturated heterocycles. The number of aryl methyl sites for hydroxylation is 1. The zero-order valence-electron chi connectivity index (χ0n) is 16.1. The monoisotopic (exact) mass is 434 g/mol. The van der Waals surface area contributed by atoms with Crippen molar-refractivity contribution in [1.29, 1.82) is 0 Å². The summed E-state index contributed by atoms with van der Waals surface area (Å²) >= 11 is 9.23. The quantitative estimate of drug-likeness (QED) is 0.446. The number of para-hydroxylation sites is 1. The molecule has 0 saturated carbocycles. The molecule has 1 aromatic carbocycles. The Balaban J connectivity index is 1.72. The molecule has 3 aromatic rings. The van der Waals surface area contributed by atoms with Crippen LogP contribution in [0, 0.1) is 0 Å². The number of aromatic nitrogens is 3. The number of carbonyl (C=O) groups is 1. The molecule has 0 bridgehead atoms. The number of benzene rings is 1. The van der Waals surface area contributed by atoms with E-state index in [-0.39, 0.29) is 17.7 Å².